The Morgan fingerprint density at radius 3 is 2.50 bits per heavy atom. The van der Waals surface area contributed by atoms with Crippen molar-refractivity contribution in [3.05, 3.63) is 42.5 Å². The molecular formula is C16H25IN4O. The molecule has 1 aromatic carbocycles. The smallest absolute Gasteiger partial charge is 0.221 e. The summed E-state index contributed by atoms with van der Waals surface area (Å²) >= 11 is 0. The summed E-state index contributed by atoms with van der Waals surface area (Å²) < 4.78 is 0. The fourth-order valence-corrected chi connectivity index (χ4v) is 1.77. The van der Waals surface area contributed by atoms with Gasteiger partial charge in [-0.1, -0.05) is 18.2 Å². The van der Waals surface area contributed by atoms with E-state index in [1.54, 1.807) is 6.08 Å². The summed E-state index contributed by atoms with van der Waals surface area (Å²) in [6.07, 6.45) is 2.65. The van der Waals surface area contributed by atoms with Crippen LogP contribution in [-0.4, -0.2) is 31.5 Å². The highest BCUT2D eigenvalue weighted by Gasteiger charge is 1.98. The molecule has 0 spiro atoms. The van der Waals surface area contributed by atoms with E-state index in [-0.39, 0.29) is 29.9 Å². The second-order valence-electron chi connectivity index (χ2n) is 4.56. The number of hydrogen-bond donors (Lipinski definition) is 3. The molecule has 6 heteroatoms. The third-order valence-electron chi connectivity index (χ3n) is 2.70. The first-order chi connectivity index (χ1) is 10.2. The molecule has 122 valence electrons. The van der Waals surface area contributed by atoms with Crippen LogP contribution in [0, 0.1) is 0 Å². The van der Waals surface area contributed by atoms with Crippen LogP contribution in [0.5, 0.6) is 0 Å². The van der Waals surface area contributed by atoms with Crippen molar-refractivity contribution < 1.29 is 4.79 Å². The normalized spacial score (nSPS) is 10.4. The molecule has 22 heavy (non-hydrogen) atoms. The number of hydrogen-bond acceptors (Lipinski definition) is 2. The van der Waals surface area contributed by atoms with Crippen molar-refractivity contribution in [1.29, 1.82) is 0 Å². The van der Waals surface area contributed by atoms with Crippen molar-refractivity contribution in [3.63, 3.8) is 0 Å². The fraction of sp³-hybridized carbons (Fsp3) is 0.375. The van der Waals surface area contributed by atoms with Gasteiger partial charge in [0.25, 0.3) is 0 Å². The second-order valence-corrected chi connectivity index (χ2v) is 4.56. The predicted molar refractivity (Wildman–Crippen MR) is 104 cm³/mol. The summed E-state index contributed by atoms with van der Waals surface area (Å²) in [5.41, 5.74) is 2.00. The largest absolute Gasteiger partial charge is 0.357 e. The predicted octanol–water partition coefficient (Wildman–Crippen LogP) is 2.55. The van der Waals surface area contributed by atoms with Gasteiger partial charge in [-0.25, -0.2) is 0 Å². The highest BCUT2D eigenvalue weighted by Crippen LogP contribution is 2.09. The van der Waals surface area contributed by atoms with Gasteiger partial charge in [-0.15, -0.1) is 30.6 Å². The number of guanidine groups is 1. The SMILES string of the molecule is C=CCNC(=NCCc1ccc(NC(C)=O)cc1)NCC.I. The Morgan fingerprint density at radius 1 is 1.27 bits per heavy atom. The third-order valence-corrected chi connectivity index (χ3v) is 2.70. The first kappa shape index (κ1) is 20.4. The number of carbonyl (C=O) groups is 1. The Balaban J connectivity index is 0.00000441. The number of halogens is 1. The molecule has 0 aliphatic carbocycles. The van der Waals surface area contributed by atoms with Gasteiger partial charge in [0.15, 0.2) is 5.96 Å². The molecule has 1 aromatic rings. The molecular weight excluding hydrogens is 391 g/mol. The van der Waals surface area contributed by atoms with E-state index in [9.17, 15) is 4.79 Å². The number of nitrogens with zero attached hydrogens (tertiary/aromatic N) is 1. The number of nitrogens with one attached hydrogen (secondary N) is 3. The summed E-state index contributed by atoms with van der Waals surface area (Å²) in [4.78, 5) is 15.4. The van der Waals surface area contributed by atoms with Crippen LogP contribution < -0.4 is 16.0 Å². The molecule has 0 saturated heterocycles. The van der Waals surface area contributed by atoms with Gasteiger partial charge < -0.3 is 16.0 Å². The zero-order valence-electron chi connectivity index (χ0n) is 13.2. The molecule has 1 rings (SSSR count). The highest BCUT2D eigenvalue weighted by atomic mass is 127. The van der Waals surface area contributed by atoms with Crippen LogP contribution in [0.4, 0.5) is 5.69 Å². The van der Waals surface area contributed by atoms with Gasteiger partial charge in [0.1, 0.15) is 0 Å². The summed E-state index contributed by atoms with van der Waals surface area (Å²) in [7, 11) is 0. The van der Waals surface area contributed by atoms with Crippen molar-refractivity contribution in [2.45, 2.75) is 20.3 Å². The third kappa shape index (κ3) is 8.66. The Bertz CT molecular complexity index is 485. The standard InChI is InChI=1S/C16H24N4O.HI/c1-4-11-18-16(17-5-2)19-12-10-14-6-8-15(9-7-14)20-13(3)21;/h4,6-9H,1,5,10-12H2,2-3H3,(H,20,21)(H2,17,18,19);1H. The monoisotopic (exact) mass is 416 g/mol. The minimum absolute atomic E-state index is 0. The number of carbonyl (C=O) groups excluding carboxylic acids is 1. The highest BCUT2D eigenvalue weighted by molar-refractivity contribution is 14.0. The Kier molecular flexibility index (Phi) is 11.2. The van der Waals surface area contributed by atoms with E-state index >= 15 is 0 Å². The van der Waals surface area contributed by atoms with Crippen molar-refractivity contribution >= 4 is 41.5 Å². The molecule has 0 aliphatic heterocycles. The number of aliphatic imine (C=N–C) groups is 1. The summed E-state index contributed by atoms with van der Waals surface area (Å²) in [6.45, 7) is 9.43. The van der Waals surface area contributed by atoms with Gasteiger partial charge in [0, 0.05) is 32.2 Å². The molecule has 0 aromatic heterocycles. The zero-order valence-corrected chi connectivity index (χ0v) is 15.5. The lowest BCUT2D eigenvalue weighted by atomic mass is 10.1. The van der Waals surface area contributed by atoms with E-state index in [0.717, 1.165) is 24.6 Å². The van der Waals surface area contributed by atoms with Crippen LogP contribution in [0.2, 0.25) is 0 Å². The minimum atomic E-state index is -0.0593. The summed E-state index contributed by atoms with van der Waals surface area (Å²) in [5.74, 6) is 0.739. The lowest BCUT2D eigenvalue weighted by Crippen LogP contribution is -2.37. The van der Waals surface area contributed by atoms with Crippen LogP contribution in [0.3, 0.4) is 0 Å². The number of anilines is 1. The van der Waals surface area contributed by atoms with E-state index in [4.69, 9.17) is 0 Å². The average Bonchev–Trinajstić information content (AvgIpc) is 2.46. The molecule has 3 N–H and O–H groups in total. The van der Waals surface area contributed by atoms with Gasteiger partial charge >= 0.3 is 0 Å². The van der Waals surface area contributed by atoms with Crippen molar-refractivity contribution in [3.8, 4) is 0 Å². The van der Waals surface area contributed by atoms with Crippen molar-refractivity contribution in [2.75, 3.05) is 25.0 Å². The lowest BCUT2D eigenvalue weighted by Gasteiger charge is -2.09. The fourth-order valence-electron chi connectivity index (χ4n) is 1.77. The van der Waals surface area contributed by atoms with Gasteiger partial charge in [-0.2, -0.15) is 0 Å². The molecule has 5 nitrogen and oxygen atoms in total. The quantitative estimate of drug-likeness (QED) is 0.277. The first-order valence-corrected chi connectivity index (χ1v) is 7.15. The average molecular weight is 416 g/mol. The number of amides is 1. The van der Waals surface area contributed by atoms with Crippen LogP contribution in [0.25, 0.3) is 0 Å². The van der Waals surface area contributed by atoms with Gasteiger partial charge in [0.05, 0.1) is 0 Å². The molecule has 0 unspecified atom stereocenters. The van der Waals surface area contributed by atoms with E-state index in [2.05, 4.69) is 27.5 Å². The molecule has 0 heterocycles. The lowest BCUT2D eigenvalue weighted by molar-refractivity contribution is -0.114. The Labute approximate surface area is 149 Å². The molecule has 0 aliphatic rings. The van der Waals surface area contributed by atoms with E-state index in [1.807, 2.05) is 31.2 Å². The molecule has 0 radical (unpaired) electrons. The maximum absolute atomic E-state index is 10.9. The maximum Gasteiger partial charge on any atom is 0.221 e. The van der Waals surface area contributed by atoms with Gasteiger partial charge in [0.2, 0.25) is 5.91 Å². The van der Waals surface area contributed by atoms with Crippen LogP contribution >= 0.6 is 24.0 Å². The molecule has 0 saturated carbocycles. The molecule has 0 fully saturated rings. The molecule has 0 atom stereocenters. The van der Waals surface area contributed by atoms with Crippen LogP contribution in [-0.2, 0) is 11.2 Å². The van der Waals surface area contributed by atoms with Crippen LogP contribution in [0.1, 0.15) is 19.4 Å². The van der Waals surface area contributed by atoms with E-state index < -0.39 is 0 Å². The van der Waals surface area contributed by atoms with Gasteiger partial charge in [-0.3, -0.25) is 9.79 Å². The Morgan fingerprint density at radius 2 is 1.95 bits per heavy atom. The van der Waals surface area contributed by atoms with Crippen molar-refractivity contribution in [1.82, 2.24) is 10.6 Å². The zero-order chi connectivity index (χ0) is 15.5. The maximum atomic E-state index is 10.9. The van der Waals surface area contributed by atoms with Crippen LogP contribution in [0.15, 0.2) is 41.9 Å². The number of rotatable bonds is 7. The summed E-state index contributed by atoms with van der Waals surface area (Å²) in [5, 5.41) is 9.09. The number of benzene rings is 1. The molecule has 0 bridgehead atoms. The summed E-state index contributed by atoms with van der Waals surface area (Å²) in [6, 6.07) is 7.82. The van der Waals surface area contributed by atoms with E-state index in [0.29, 0.717) is 13.1 Å². The van der Waals surface area contributed by atoms with Crippen molar-refractivity contribution in [2.24, 2.45) is 4.99 Å². The van der Waals surface area contributed by atoms with E-state index in [1.165, 1.54) is 12.5 Å². The topological polar surface area (TPSA) is 65.5 Å². The van der Waals surface area contributed by atoms with Gasteiger partial charge in [-0.05, 0) is 31.0 Å². The second kappa shape index (κ2) is 12.0. The Hall–Kier alpha value is -1.57. The minimum Gasteiger partial charge on any atom is -0.357 e. The first-order valence-electron chi connectivity index (χ1n) is 7.15. The molecule has 1 amide bonds.